The van der Waals surface area contributed by atoms with Crippen molar-refractivity contribution in [3.05, 3.63) is 65.3 Å². The van der Waals surface area contributed by atoms with Crippen LogP contribution in [0.15, 0.2) is 42.5 Å². The summed E-state index contributed by atoms with van der Waals surface area (Å²) in [7, 11) is 0. The lowest BCUT2D eigenvalue weighted by atomic mass is 9.78. The smallest absolute Gasteiger partial charge is 0.203 e. The van der Waals surface area contributed by atoms with Crippen molar-refractivity contribution in [1.82, 2.24) is 0 Å². The molecular formula is C21H20F6. The van der Waals surface area contributed by atoms with Crippen molar-refractivity contribution in [3.8, 4) is 0 Å². The van der Waals surface area contributed by atoms with Crippen LogP contribution in [0.1, 0.15) is 49.7 Å². The van der Waals surface area contributed by atoms with Gasteiger partial charge in [-0.25, -0.2) is 8.78 Å². The van der Waals surface area contributed by atoms with Gasteiger partial charge in [0.2, 0.25) is 0 Å². The molecule has 0 atom stereocenters. The van der Waals surface area contributed by atoms with Crippen LogP contribution in [0, 0.1) is 17.6 Å². The zero-order valence-corrected chi connectivity index (χ0v) is 14.8. The lowest BCUT2D eigenvalue weighted by molar-refractivity contribution is -0.148. The number of rotatable bonds is 3. The Morgan fingerprint density at radius 1 is 0.926 bits per heavy atom. The summed E-state index contributed by atoms with van der Waals surface area (Å²) >= 11 is 0. The molecule has 2 aliphatic rings. The molecule has 0 bridgehead atoms. The summed E-state index contributed by atoms with van der Waals surface area (Å²) in [4.78, 5) is 0. The predicted octanol–water partition coefficient (Wildman–Crippen LogP) is 7.04. The minimum Gasteiger partial charge on any atom is -0.203 e. The Morgan fingerprint density at radius 2 is 1.56 bits per heavy atom. The van der Waals surface area contributed by atoms with Crippen molar-refractivity contribution < 1.29 is 26.3 Å². The highest BCUT2D eigenvalue weighted by molar-refractivity contribution is 5.76. The molecule has 2 aliphatic carbocycles. The quantitative estimate of drug-likeness (QED) is 0.386. The molecule has 0 aromatic heterocycles. The first-order valence-electron chi connectivity index (χ1n) is 8.87. The molecule has 0 unspecified atom stereocenters. The third-order valence-corrected chi connectivity index (χ3v) is 5.68. The second kappa shape index (κ2) is 6.88. The van der Waals surface area contributed by atoms with Crippen LogP contribution in [0.5, 0.6) is 0 Å². The number of halogens is 6. The molecule has 0 spiro atoms. The molecule has 0 nitrogen and oxygen atoms in total. The van der Waals surface area contributed by atoms with E-state index in [2.05, 4.69) is 6.58 Å². The molecule has 0 radical (unpaired) electrons. The summed E-state index contributed by atoms with van der Waals surface area (Å²) in [5.74, 6) is -11.7. The van der Waals surface area contributed by atoms with Crippen LogP contribution in [0.2, 0.25) is 0 Å². The maximum atomic E-state index is 14.6. The van der Waals surface area contributed by atoms with Crippen molar-refractivity contribution in [3.63, 3.8) is 0 Å². The van der Waals surface area contributed by atoms with Crippen molar-refractivity contribution >= 4 is 5.57 Å². The van der Waals surface area contributed by atoms with Crippen molar-refractivity contribution in [2.45, 2.75) is 50.4 Å². The summed E-state index contributed by atoms with van der Waals surface area (Å²) in [6.07, 6.45) is 6.22. The van der Waals surface area contributed by atoms with E-state index in [1.165, 1.54) is 6.07 Å². The Kier molecular flexibility index (Phi) is 5.04. The first kappa shape index (κ1) is 19.8. The van der Waals surface area contributed by atoms with E-state index in [9.17, 15) is 26.3 Å². The Hall–Kier alpha value is -1.98. The highest BCUT2D eigenvalue weighted by Gasteiger charge is 2.61. The lowest BCUT2D eigenvalue weighted by Gasteiger charge is -2.32. The standard InChI is InChI=1S/C21H20F6/c1-3-13-5-7-14(8-6-13)15-9-10-16(19(23)18(15)22)17-11-4-12(2)20(24,25)21(17,26)27/h3-4,9-11,13-14H,1,5-8H2,2H3. The SMILES string of the molecule is C=CC1CCC(c2ccc(C3=CC=C(C)C(F)(F)C3(F)F)c(F)c2F)CC1. The van der Waals surface area contributed by atoms with Gasteiger partial charge in [0, 0.05) is 16.7 Å². The van der Waals surface area contributed by atoms with Gasteiger partial charge < -0.3 is 0 Å². The van der Waals surface area contributed by atoms with Crippen molar-refractivity contribution in [1.29, 1.82) is 0 Å². The van der Waals surface area contributed by atoms with Crippen LogP contribution in [-0.2, 0) is 0 Å². The molecule has 1 fully saturated rings. The minimum atomic E-state index is -4.62. The second-order valence-electron chi connectivity index (χ2n) is 7.26. The monoisotopic (exact) mass is 386 g/mol. The normalized spacial score (nSPS) is 26.9. The molecule has 0 amide bonds. The highest BCUT2D eigenvalue weighted by atomic mass is 19.3. The van der Waals surface area contributed by atoms with Crippen LogP contribution in [0.4, 0.5) is 26.3 Å². The number of hydrogen-bond donors (Lipinski definition) is 0. The van der Waals surface area contributed by atoms with Crippen LogP contribution in [-0.4, -0.2) is 11.8 Å². The Labute approximate surface area is 154 Å². The number of hydrogen-bond acceptors (Lipinski definition) is 0. The zero-order valence-electron chi connectivity index (χ0n) is 14.8. The van der Waals surface area contributed by atoms with Gasteiger partial charge in [-0.2, -0.15) is 17.6 Å². The van der Waals surface area contributed by atoms with Gasteiger partial charge in [-0.15, -0.1) is 6.58 Å². The molecule has 0 aliphatic heterocycles. The summed E-state index contributed by atoms with van der Waals surface area (Å²) in [6, 6.07) is 2.23. The number of allylic oxidation sites excluding steroid dienone is 5. The molecule has 27 heavy (non-hydrogen) atoms. The average molecular weight is 386 g/mol. The fourth-order valence-electron chi connectivity index (χ4n) is 3.85. The van der Waals surface area contributed by atoms with Crippen LogP contribution >= 0.6 is 0 Å². The molecule has 1 aromatic carbocycles. The summed E-state index contributed by atoms with van der Waals surface area (Å²) in [5.41, 5.74) is -2.76. The van der Waals surface area contributed by atoms with Crippen LogP contribution in [0.3, 0.4) is 0 Å². The zero-order chi connectivity index (χ0) is 20.0. The predicted molar refractivity (Wildman–Crippen MR) is 92.9 cm³/mol. The van der Waals surface area contributed by atoms with Gasteiger partial charge in [-0.3, -0.25) is 0 Å². The van der Waals surface area contributed by atoms with Crippen LogP contribution in [0.25, 0.3) is 5.57 Å². The fourth-order valence-corrected chi connectivity index (χ4v) is 3.85. The summed E-state index contributed by atoms with van der Waals surface area (Å²) in [5, 5.41) is 0. The first-order chi connectivity index (χ1) is 12.6. The van der Waals surface area contributed by atoms with E-state index < -0.39 is 40.2 Å². The van der Waals surface area contributed by atoms with E-state index in [1.54, 1.807) is 0 Å². The van der Waals surface area contributed by atoms with E-state index in [0.29, 0.717) is 18.8 Å². The van der Waals surface area contributed by atoms with Gasteiger partial charge in [0.25, 0.3) is 0 Å². The Morgan fingerprint density at radius 3 is 2.15 bits per heavy atom. The van der Waals surface area contributed by atoms with E-state index >= 15 is 0 Å². The molecule has 3 rings (SSSR count). The van der Waals surface area contributed by atoms with Crippen molar-refractivity contribution in [2.24, 2.45) is 5.92 Å². The molecule has 1 saturated carbocycles. The molecular weight excluding hydrogens is 366 g/mol. The second-order valence-corrected chi connectivity index (χ2v) is 7.26. The molecule has 0 heterocycles. The van der Waals surface area contributed by atoms with E-state index in [-0.39, 0.29) is 11.5 Å². The van der Waals surface area contributed by atoms with Crippen LogP contribution < -0.4 is 0 Å². The van der Waals surface area contributed by atoms with Gasteiger partial charge in [-0.05, 0) is 50.0 Å². The van der Waals surface area contributed by atoms with Crippen molar-refractivity contribution in [2.75, 3.05) is 0 Å². The maximum Gasteiger partial charge on any atom is 0.340 e. The summed E-state index contributed by atoms with van der Waals surface area (Å²) in [6.45, 7) is 4.61. The Balaban J connectivity index is 1.98. The van der Waals surface area contributed by atoms with Gasteiger partial charge in [0.1, 0.15) is 0 Å². The number of benzene rings is 1. The Bertz CT molecular complexity index is 810. The van der Waals surface area contributed by atoms with E-state index in [0.717, 1.165) is 38.0 Å². The molecule has 6 heteroatoms. The summed E-state index contributed by atoms with van der Waals surface area (Å²) < 4.78 is 85.6. The largest absolute Gasteiger partial charge is 0.340 e. The van der Waals surface area contributed by atoms with E-state index in [1.807, 2.05) is 6.08 Å². The molecule has 146 valence electrons. The fraction of sp³-hybridized carbons (Fsp3) is 0.429. The van der Waals surface area contributed by atoms with Gasteiger partial charge in [0.15, 0.2) is 11.6 Å². The maximum absolute atomic E-state index is 14.6. The van der Waals surface area contributed by atoms with E-state index in [4.69, 9.17) is 0 Å². The third-order valence-electron chi connectivity index (χ3n) is 5.68. The third kappa shape index (κ3) is 3.13. The highest BCUT2D eigenvalue weighted by Crippen LogP contribution is 2.51. The van der Waals surface area contributed by atoms with Gasteiger partial charge in [-0.1, -0.05) is 30.4 Å². The lowest BCUT2D eigenvalue weighted by Crippen LogP contribution is -2.44. The molecule has 1 aromatic rings. The molecule has 0 N–H and O–H groups in total. The first-order valence-corrected chi connectivity index (χ1v) is 8.87. The van der Waals surface area contributed by atoms with Gasteiger partial charge in [0.05, 0.1) is 0 Å². The topological polar surface area (TPSA) is 0 Å². The average Bonchev–Trinajstić information content (AvgIpc) is 2.63. The number of alkyl halides is 4. The van der Waals surface area contributed by atoms with Gasteiger partial charge >= 0.3 is 11.8 Å². The minimum absolute atomic E-state index is 0.108. The molecule has 0 saturated heterocycles.